The Morgan fingerprint density at radius 2 is 1.87 bits per heavy atom. The highest BCUT2D eigenvalue weighted by Gasteiger charge is 2.55. The number of nitrogens with one attached hydrogen (secondary N) is 1. The lowest BCUT2D eigenvalue weighted by atomic mass is 9.56. The summed E-state index contributed by atoms with van der Waals surface area (Å²) in [6.45, 7) is 0. The number of rotatable bonds is 1. The van der Waals surface area contributed by atoms with Crippen molar-refractivity contribution in [3.63, 3.8) is 0 Å². The van der Waals surface area contributed by atoms with Gasteiger partial charge in [0.1, 0.15) is 0 Å². The molecule has 2 unspecified atom stereocenters. The Hall–Kier alpha value is -0.280. The first-order valence-corrected chi connectivity index (χ1v) is 5.56. The van der Waals surface area contributed by atoms with Crippen LogP contribution in [0.2, 0.25) is 0 Å². The predicted octanol–water partition coefficient (Wildman–Crippen LogP) is 1.50. The van der Waals surface area contributed by atoms with E-state index in [-0.39, 0.29) is 23.8 Å². The van der Waals surface area contributed by atoms with E-state index < -0.39 is 0 Å². The number of methoxy groups -OCH3 is 1. The maximum absolute atomic E-state index is 11.8. The molecular formula is C11H18ClNO2. The molecule has 0 spiro atoms. The van der Waals surface area contributed by atoms with Gasteiger partial charge in [-0.3, -0.25) is 4.79 Å². The Morgan fingerprint density at radius 1 is 1.27 bits per heavy atom. The summed E-state index contributed by atoms with van der Waals surface area (Å²) < 4.78 is 4.97. The average Bonchev–Trinajstić information content (AvgIpc) is 2.14. The summed E-state index contributed by atoms with van der Waals surface area (Å²) in [5, 5.41) is 3.61. The number of carbonyl (C=O) groups is 1. The van der Waals surface area contributed by atoms with E-state index in [4.69, 9.17) is 4.74 Å². The van der Waals surface area contributed by atoms with Gasteiger partial charge in [-0.1, -0.05) is 0 Å². The molecule has 0 radical (unpaired) electrons. The molecule has 2 saturated carbocycles. The average molecular weight is 232 g/mol. The van der Waals surface area contributed by atoms with Gasteiger partial charge in [0, 0.05) is 12.1 Å². The minimum Gasteiger partial charge on any atom is -0.469 e. The summed E-state index contributed by atoms with van der Waals surface area (Å²) in [5.41, 5.74) is -0.115. The topological polar surface area (TPSA) is 38.3 Å². The lowest BCUT2D eigenvalue weighted by Crippen LogP contribution is -2.62. The van der Waals surface area contributed by atoms with Crippen molar-refractivity contribution in [2.45, 2.75) is 44.2 Å². The molecule has 4 rings (SSSR count). The number of hydrogen-bond acceptors (Lipinski definition) is 3. The number of hydrogen-bond donors (Lipinski definition) is 1. The second kappa shape index (κ2) is 3.63. The van der Waals surface area contributed by atoms with E-state index in [0.717, 1.165) is 25.2 Å². The molecule has 0 aromatic heterocycles. The van der Waals surface area contributed by atoms with Crippen molar-refractivity contribution in [2.75, 3.05) is 7.11 Å². The van der Waals surface area contributed by atoms with Crippen molar-refractivity contribution in [3.8, 4) is 0 Å². The summed E-state index contributed by atoms with van der Waals surface area (Å²) in [6.07, 6.45) is 5.64. The van der Waals surface area contributed by atoms with E-state index in [1.165, 1.54) is 20.0 Å². The van der Waals surface area contributed by atoms with E-state index in [2.05, 4.69) is 5.32 Å². The number of carbonyl (C=O) groups excluding carboxylic acids is 1. The van der Waals surface area contributed by atoms with Gasteiger partial charge in [0.15, 0.2) is 0 Å². The van der Waals surface area contributed by atoms with Crippen LogP contribution in [0.3, 0.4) is 0 Å². The highest BCUT2D eigenvalue weighted by Crippen LogP contribution is 2.53. The van der Waals surface area contributed by atoms with Crippen LogP contribution in [0.5, 0.6) is 0 Å². The Kier molecular flexibility index (Phi) is 2.72. The first-order valence-electron chi connectivity index (χ1n) is 5.56. The third kappa shape index (κ3) is 1.56. The fourth-order valence-electron chi connectivity index (χ4n) is 4.03. The molecule has 86 valence electrons. The van der Waals surface area contributed by atoms with Gasteiger partial charge in [0.05, 0.1) is 12.5 Å². The molecule has 4 heteroatoms. The van der Waals surface area contributed by atoms with Gasteiger partial charge in [0.25, 0.3) is 0 Å². The highest BCUT2D eigenvalue weighted by atomic mass is 35.5. The first-order chi connectivity index (χ1) is 6.72. The molecule has 2 heterocycles. The molecule has 4 aliphatic rings. The Balaban J connectivity index is 0.000000853. The van der Waals surface area contributed by atoms with E-state index in [0.29, 0.717) is 12.1 Å². The normalized spacial score (nSPS) is 46.1. The lowest BCUT2D eigenvalue weighted by Gasteiger charge is -2.55. The lowest BCUT2D eigenvalue weighted by molar-refractivity contribution is -0.164. The Morgan fingerprint density at radius 3 is 2.33 bits per heavy atom. The number of esters is 1. The molecule has 4 fully saturated rings. The fraction of sp³-hybridized carbons (Fsp3) is 0.909. The summed E-state index contributed by atoms with van der Waals surface area (Å²) in [6, 6.07) is 1.17. The van der Waals surface area contributed by atoms with Gasteiger partial charge in [-0.15, -0.1) is 12.4 Å². The molecule has 1 N–H and O–H groups in total. The van der Waals surface area contributed by atoms with Crippen molar-refractivity contribution in [1.82, 2.24) is 5.32 Å². The van der Waals surface area contributed by atoms with Crippen LogP contribution in [0.15, 0.2) is 0 Å². The van der Waals surface area contributed by atoms with Crippen molar-refractivity contribution in [3.05, 3.63) is 0 Å². The van der Waals surface area contributed by atoms with Crippen LogP contribution in [0.25, 0.3) is 0 Å². The van der Waals surface area contributed by atoms with Gasteiger partial charge in [-0.05, 0) is 38.0 Å². The molecule has 4 bridgehead atoms. The highest BCUT2D eigenvalue weighted by molar-refractivity contribution is 5.85. The minimum absolute atomic E-state index is 0. The summed E-state index contributed by atoms with van der Waals surface area (Å²) in [7, 11) is 1.52. The molecular weight excluding hydrogens is 214 g/mol. The SMILES string of the molecule is COC(=O)C12CC3CC(C1)NC(C3)C2.Cl. The van der Waals surface area contributed by atoms with E-state index in [9.17, 15) is 4.79 Å². The zero-order valence-electron chi connectivity index (χ0n) is 8.99. The van der Waals surface area contributed by atoms with Gasteiger partial charge in [-0.25, -0.2) is 0 Å². The van der Waals surface area contributed by atoms with Crippen molar-refractivity contribution in [2.24, 2.45) is 11.3 Å². The van der Waals surface area contributed by atoms with E-state index in [1.807, 2.05) is 0 Å². The molecule has 2 aliphatic heterocycles. The molecule has 0 amide bonds. The van der Waals surface area contributed by atoms with Gasteiger partial charge in [0.2, 0.25) is 0 Å². The van der Waals surface area contributed by atoms with Crippen LogP contribution in [0, 0.1) is 11.3 Å². The first kappa shape index (κ1) is 11.2. The van der Waals surface area contributed by atoms with Crippen molar-refractivity contribution < 1.29 is 9.53 Å². The van der Waals surface area contributed by atoms with Crippen LogP contribution >= 0.6 is 12.4 Å². The molecule has 0 aromatic carbocycles. The largest absolute Gasteiger partial charge is 0.469 e. The Bertz CT molecular complexity index is 244. The molecule has 2 saturated heterocycles. The standard InChI is InChI=1S/C11H17NO2.ClH/c1-14-10(13)11-4-7-2-8(5-11)12-9(3-7)6-11;/h7-9,12H,2-6H2,1H3;1H. The van der Waals surface area contributed by atoms with Gasteiger partial charge in [-0.2, -0.15) is 0 Å². The van der Waals surface area contributed by atoms with Crippen LogP contribution in [-0.4, -0.2) is 25.2 Å². The summed E-state index contributed by atoms with van der Waals surface area (Å²) in [5.74, 6) is 0.811. The molecule has 2 atom stereocenters. The number of piperidine rings is 2. The third-order valence-electron chi connectivity index (χ3n) is 4.28. The molecule has 0 aromatic rings. The second-order valence-corrected chi connectivity index (χ2v) is 5.28. The molecule has 2 aliphatic carbocycles. The van der Waals surface area contributed by atoms with Gasteiger partial charge < -0.3 is 10.1 Å². The van der Waals surface area contributed by atoms with Crippen LogP contribution in [-0.2, 0) is 9.53 Å². The van der Waals surface area contributed by atoms with Crippen molar-refractivity contribution in [1.29, 1.82) is 0 Å². The van der Waals surface area contributed by atoms with Crippen LogP contribution < -0.4 is 5.32 Å². The van der Waals surface area contributed by atoms with E-state index >= 15 is 0 Å². The maximum Gasteiger partial charge on any atom is 0.311 e. The minimum atomic E-state index is -0.115. The number of ether oxygens (including phenoxy) is 1. The third-order valence-corrected chi connectivity index (χ3v) is 4.28. The second-order valence-electron chi connectivity index (χ2n) is 5.28. The zero-order valence-corrected chi connectivity index (χ0v) is 9.81. The summed E-state index contributed by atoms with van der Waals surface area (Å²) >= 11 is 0. The summed E-state index contributed by atoms with van der Waals surface area (Å²) in [4.78, 5) is 11.8. The van der Waals surface area contributed by atoms with Crippen molar-refractivity contribution >= 4 is 18.4 Å². The monoisotopic (exact) mass is 231 g/mol. The zero-order chi connectivity index (χ0) is 9.76. The number of halogens is 1. The van der Waals surface area contributed by atoms with Crippen LogP contribution in [0.4, 0.5) is 0 Å². The smallest absolute Gasteiger partial charge is 0.311 e. The Labute approximate surface area is 96.3 Å². The van der Waals surface area contributed by atoms with Gasteiger partial charge >= 0.3 is 5.97 Å². The molecule has 3 nitrogen and oxygen atoms in total. The maximum atomic E-state index is 11.8. The van der Waals surface area contributed by atoms with Crippen LogP contribution in [0.1, 0.15) is 32.1 Å². The fourth-order valence-corrected chi connectivity index (χ4v) is 4.03. The quantitative estimate of drug-likeness (QED) is 0.696. The predicted molar refractivity (Wildman–Crippen MR) is 59.0 cm³/mol. The van der Waals surface area contributed by atoms with E-state index in [1.54, 1.807) is 0 Å². The molecule has 15 heavy (non-hydrogen) atoms.